The molecule has 4 fully saturated rings. The Morgan fingerprint density at radius 2 is 1.44 bits per heavy atom. The summed E-state index contributed by atoms with van der Waals surface area (Å²) in [5.41, 5.74) is 2.54. The van der Waals surface area contributed by atoms with Crippen molar-refractivity contribution < 1.29 is 4.79 Å². The van der Waals surface area contributed by atoms with Gasteiger partial charge in [-0.25, -0.2) is 0 Å². The van der Waals surface area contributed by atoms with Crippen LogP contribution in [0.25, 0.3) is 0 Å². The SMILES string of the molecule is O=C(NC12C[C@@H]3C[C@@H](C1)CC(c1ccccc1)(C3)C2)c1ccccc1. The first-order chi connectivity index (χ1) is 12.2. The van der Waals surface area contributed by atoms with E-state index in [1.807, 2.05) is 30.3 Å². The summed E-state index contributed by atoms with van der Waals surface area (Å²) in [6, 6.07) is 20.8. The summed E-state index contributed by atoms with van der Waals surface area (Å²) in [4.78, 5) is 12.9. The average Bonchev–Trinajstić information content (AvgIpc) is 2.62. The van der Waals surface area contributed by atoms with Crippen LogP contribution in [0.15, 0.2) is 60.7 Å². The zero-order chi connectivity index (χ0) is 16.9. The molecule has 4 bridgehead atoms. The monoisotopic (exact) mass is 331 g/mol. The van der Waals surface area contributed by atoms with Gasteiger partial charge in [-0.2, -0.15) is 0 Å². The van der Waals surface area contributed by atoms with Crippen molar-refractivity contribution in [3.63, 3.8) is 0 Å². The molecule has 25 heavy (non-hydrogen) atoms. The van der Waals surface area contributed by atoms with Crippen molar-refractivity contribution in [2.75, 3.05) is 0 Å². The van der Waals surface area contributed by atoms with Gasteiger partial charge in [-0.15, -0.1) is 0 Å². The van der Waals surface area contributed by atoms with Crippen LogP contribution in [0.2, 0.25) is 0 Å². The summed E-state index contributed by atoms with van der Waals surface area (Å²) < 4.78 is 0. The molecule has 2 nitrogen and oxygen atoms in total. The van der Waals surface area contributed by atoms with E-state index in [4.69, 9.17) is 0 Å². The van der Waals surface area contributed by atoms with Crippen LogP contribution >= 0.6 is 0 Å². The third-order valence-corrected chi connectivity index (χ3v) is 6.86. The maximum absolute atomic E-state index is 12.9. The fourth-order valence-corrected chi connectivity index (χ4v) is 6.44. The Balaban J connectivity index is 1.47. The van der Waals surface area contributed by atoms with E-state index in [9.17, 15) is 4.79 Å². The molecule has 0 aromatic heterocycles. The lowest BCUT2D eigenvalue weighted by molar-refractivity contribution is -0.0371. The molecule has 0 heterocycles. The van der Waals surface area contributed by atoms with Crippen molar-refractivity contribution in [2.45, 2.75) is 49.5 Å². The first kappa shape index (κ1) is 15.2. The van der Waals surface area contributed by atoms with Gasteiger partial charge in [0.1, 0.15) is 0 Å². The molecule has 2 heteroatoms. The van der Waals surface area contributed by atoms with Crippen LogP contribution in [-0.2, 0) is 5.41 Å². The van der Waals surface area contributed by atoms with Gasteiger partial charge in [-0.1, -0.05) is 48.5 Å². The van der Waals surface area contributed by atoms with E-state index in [2.05, 4.69) is 35.6 Å². The predicted octanol–water partition coefficient (Wildman–Crippen LogP) is 4.71. The molecule has 0 spiro atoms. The van der Waals surface area contributed by atoms with E-state index in [1.165, 1.54) is 24.8 Å². The van der Waals surface area contributed by atoms with Crippen molar-refractivity contribution in [3.05, 3.63) is 71.8 Å². The Morgan fingerprint density at radius 1 is 0.840 bits per heavy atom. The van der Waals surface area contributed by atoms with Crippen LogP contribution in [0.4, 0.5) is 0 Å². The van der Waals surface area contributed by atoms with Gasteiger partial charge in [0.05, 0.1) is 0 Å². The summed E-state index contributed by atoms with van der Waals surface area (Å²) in [7, 11) is 0. The highest BCUT2D eigenvalue weighted by Crippen LogP contribution is 2.62. The number of hydrogen-bond donors (Lipinski definition) is 1. The number of carbonyl (C=O) groups excluding carboxylic acids is 1. The predicted molar refractivity (Wildman–Crippen MR) is 99.4 cm³/mol. The fraction of sp³-hybridized carbons (Fsp3) is 0.435. The first-order valence-corrected chi connectivity index (χ1v) is 9.60. The molecule has 6 rings (SSSR count). The molecule has 2 aromatic carbocycles. The Morgan fingerprint density at radius 3 is 2.08 bits per heavy atom. The molecular formula is C23H25NO. The Bertz CT molecular complexity index is 768. The Labute approximate surface area is 149 Å². The number of rotatable bonds is 3. The second-order valence-electron chi connectivity index (χ2n) is 8.71. The molecular weight excluding hydrogens is 306 g/mol. The lowest BCUT2D eigenvalue weighted by atomic mass is 9.45. The highest BCUT2D eigenvalue weighted by Gasteiger charge is 2.58. The highest BCUT2D eigenvalue weighted by atomic mass is 16.1. The van der Waals surface area contributed by atoms with Crippen LogP contribution in [0, 0.1) is 11.8 Å². The molecule has 0 saturated heterocycles. The maximum atomic E-state index is 12.9. The topological polar surface area (TPSA) is 29.1 Å². The summed E-state index contributed by atoms with van der Waals surface area (Å²) in [5, 5.41) is 3.50. The van der Waals surface area contributed by atoms with Crippen LogP contribution in [0.5, 0.6) is 0 Å². The summed E-state index contributed by atoms with van der Waals surface area (Å²) in [6.07, 6.45) is 7.40. The van der Waals surface area contributed by atoms with Gasteiger partial charge in [0.15, 0.2) is 0 Å². The number of amides is 1. The Hall–Kier alpha value is -2.09. The van der Waals surface area contributed by atoms with Gasteiger partial charge in [0.25, 0.3) is 5.91 Å². The molecule has 4 aliphatic carbocycles. The number of benzene rings is 2. The molecule has 128 valence electrons. The third-order valence-electron chi connectivity index (χ3n) is 6.86. The fourth-order valence-electron chi connectivity index (χ4n) is 6.44. The summed E-state index contributed by atoms with van der Waals surface area (Å²) >= 11 is 0. The van der Waals surface area contributed by atoms with E-state index in [0.717, 1.165) is 36.7 Å². The lowest BCUT2D eigenvalue weighted by Gasteiger charge is -2.62. The normalized spacial score (nSPS) is 35.5. The second-order valence-corrected chi connectivity index (χ2v) is 8.71. The van der Waals surface area contributed by atoms with Crippen LogP contribution in [0.1, 0.15) is 54.4 Å². The number of hydrogen-bond acceptors (Lipinski definition) is 1. The van der Waals surface area contributed by atoms with Crippen LogP contribution < -0.4 is 5.32 Å². The second kappa shape index (κ2) is 5.45. The van der Waals surface area contributed by atoms with Gasteiger partial charge < -0.3 is 5.32 Å². The summed E-state index contributed by atoms with van der Waals surface area (Å²) in [6.45, 7) is 0. The largest absolute Gasteiger partial charge is 0.347 e. The summed E-state index contributed by atoms with van der Waals surface area (Å²) in [5.74, 6) is 1.63. The Kier molecular flexibility index (Phi) is 3.31. The van der Waals surface area contributed by atoms with E-state index < -0.39 is 0 Å². The van der Waals surface area contributed by atoms with E-state index in [-0.39, 0.29) is 16.9 Å². The molecule has 2 atom stereocenters. The standard InChI is InChI=1S/C23H25NO/c25-21(19-7-3-1-4-8-19)24-23-14-17-11-18(15-23)13-22(12-17,16-23)20-9-5-2-6-10-20/h1-10,17-18H,11-16H2,(H,24,25)/t17-,18-,22?,23?/m1/s1. The zero-order valence-corrected chi connectivity index (χ0v) is 14.6. The van der Waals surface area contributed by atoms with E-state index in [0.29, 0.717) is 0 Å². The minimum Gasteiger partial charge on any atom is -0.347 e. The van der Waals surface area contributed by atoms with E-state index >= 15 is 0 Å². The molecule has 4 saturated carbocycles. The average molecular weight is 331 g/mol. The quantitative estimate of drug-likeness (QED) is 0.867. The maximum Gasteiger partial charge on any atom is 0.251 e. The van der Waals surface area contributed by atoms with Crippen LogP contribution in [-0.4, -0.2) is 11.4 Å². The van der Waals surface area contributed by atoms with Crippen LogP contribution in [0.3, 0.4) is 0 Å². The zero-order valence-electron chi connectivity index (χ0n) is 14.6. The number of nitrogens with one attached hydrogen (secondary N) is 1. The van der Waals surface area contributed by atoms with Crippen molar-refractivity contribution in [2.24, 2.45) is 11.8 Å². The minimum absolute atomic E-state index is 0.00709. The van der Waals surface area contributed by atoms with Crippen molar-refractivity contribution in [1.29, 1.82) is 0 Å². The lowest BCUT2D eigenvalue weighted by Crippen LogP contribution is -2.64. The molecule has 0 unspecified atom stereocenters. The molecule has 1 N–H and O–H groups in total. The van der Waals surface area contributed by atoms with E-state index in [1.54, 1.807) is 0 Å². The van der Waals surface area contributed by atoms with Gasteiger partial charge in [0.2, 0.25) is 0 Å². The molecule has 2 aromatic rings. The molecule has 0 aliphatic heterocycles. The number of carbonyl (C=O) groups is 1. The highest BCUT2D eigenvalue weighted by molar-refractivity contribution is 5.94. The van der Waals surface area contributed by atoms with Crippen molar-refractivity contribution in [1.82, 2.24) is 5.32 Å². The first-order valence-electron chi connectivity index (χ1n) is 9.60. The van der Waals surface area contributed by atoms with Crippen molar-refractivity contribution in [3.8, 4) is 0 Å². The van der Waals surface area contributed by atoms with Gasteiger partial charge >= 0.3 is 0 Å². The molecule has 1 amide bonds. The minimum atomic E-state index is -0.00709. The van der Waals surface area contributed by atoms with Gasteiger partial charge in [-0.3, -0.25) is 4.79 Å². The van der Waals surface area contributed by atoms with Gasteiger partial charge in [0, 0.05) is 11.1 Å². The van der Waals surface area contributed by atoms with Crippen molar-refractivity contribution >= 4 is 5.91 Å². The molecule has 4 aliphatic rings. The van der Waals surface area contributed by atoms with Gasteiger partial charge in [-0.05, 0) is 73.5 Å². The molecule has 0 radical (unpaired) electrons. The third kappa shape index (κ3) is 2.50. The smallest absolute Gasteiger partial charge is 0.251 e.